The maximum atomic E-state index is 6.04. The number of rotatable bonds is 4. The molecule has 0 radical (unpaired) electrons. The van der Waals surface area contributed by atoms with Gasteiger partial charge in [-0.3, -0.25) is 4.98 Å². The standard InChI is InChI=1S/C35H21N5O/c1-3-9-22(10-4-1)32-38-33(23-11-5-2-6-12-23)40-34(39-32)25-15-16-26-24(21-25)19-20-36-31(26)29-18-17-28-27-13-7-8-14-30(27)41-35(28)37-29/h1-21H. The van der Waals surface area contributed by atoms with E-state index in [0.717, 1.165) is 55.2 Å². The zero-order chi connectivity index (χ0) is 27.2. The molecule has 192 valence electrons. The first-order chi connectivity index (χ1) is 20.3. The highest BCUT2D eigenvalue weighted by Gasteiger charge is 2.15. The van der Waals surface area contributed by atoms with Crippen LogP contribution in [-0.4, -0.2) is 24.9 Å². The molecule has 0 unspecified atom stereocenters. The molecule has 8 aromatic rings. The van der Waals surface area contributed by atoms with Crippen molar-refractivity contribution in [3.8, 4) is 45.6 Å². The molecule has 0 aliphatic carbocycles. The molecule has 0 N–H and O–H groups in total. The number of benzene rings is 4. The summed E-state index contributed by atoms with van der Waals surface area (Å²) in [6.45, 7) is 0. The highest BCUT2D eigenvalue weighted by molar-refractivity contribution is 6.04. The van der Waals surface area contributed by atoms with E-state index in [9.17, 15) is 0 Å². The second-order valence-electron chi connectivity index (χ2n) is 9.78. The summed E-state index contributed by atoms with van der Waals surface area (Å²) in [4.78, 5) is 24.1. The number of pyridine rings is 2. The number of nitrogens with zero attached hydrogens (tertiary/aromatic N) is 5. The number of hydrogen-bond donors (Lipinski definition) is 0. The maximum Gasteiger partial charge on any atom is 0.227 e. The fraction of sp³-hybridized carbons (Fsp3) is 0. The lowest BCUT2D eigenvalue weighted by atomic mass is 10.0. The van der Waals surface area contributed by atoms with E-state index in [4.69, 9.17) is 29.3 Å². The van der Waals surface area contributed by atoms with Crippen molar-refractivity contribution in [3.63, 3.8) is 0 Å². The third-order valence-electron chi connectivity index (χ3n) is 7.21. The van der Waals surface area contributed by atoms with Crippen molar-refractivity contribution in [2.75, 3.05) is 0 Å². The molecule has 8 rings (SSSR count). The first-order valence-electron chi connectivity index (χ1n) is 13.3. The molecule has 0 saturated carbocycles. The van der Waals surface area contributed by atoms with Crippen LogP contribution in [0.15, 0.2) is 132 Å². The molecule has 0 atom stereocenters. The SMILES string of the molecule is c1ccc(-c2nc(-c3ccccc3)nc(-c3ccc4c(-c5ccc6c(n5)oc5ccccc56)nccc4c3)n2)cc1. The Morgan fingerprint density at radius 2 is 1.10 bits per heavy atom. The molecular formula is C35H21N5O. The lowest BCUT2D eigenvalue weighted by Gasteiger charge is -2.10. The summed E-state index contributed by atoms with van der Waals surface area (Å²) in [7, 11) is 0. The van der Waals surface area contributed by atoms with Crippen LogP contribution >= 0.6 is 0 Å². The fourth-order valence-corrected chi connectivity index (χ4v) is 5.20. The molecule has 0 bridgehead atoms. The maximum absolute atomic E-state index is 6.04. The highest BCUT2D eigenvalue weighted by atomic mass is 16.3. The number of para-hydroxylation sites is 1. The van der Waals surface area contributed by atoms with E-state index < -0.39 is 0 Å². The Hall–Kier alpha value is -5.75. The van der Waals surface area contributed by atoms with Crippen molar-refractivity contribution in [1.82, 2.24) is 24.9 Å². The second-order valence-corrected chi connectivity index (χ2v) is 9.78. The van der Waals surface area contributed by atoms with Crippen molar-refractivity contribution >= 4 is 32.8 Å². The van der Waals surface area contributed by atoms with Crippen LogP contribution in [0.3, 0.4) is 0 Å². The molecule has 4 heterocycles. The molecular weight excluding hydrogens is 506 g/mol. The van der Waals surface area contributed by atoms with Crippen LogP contribution in [-0.2, 0) is 0 Å². The predicted molar refractivity (Wildman–Crippen MR) is 162 cm³/mol. The Labute approximate surface area is 235 Å². The largest absolute Gasteiger partial charge is 0.438 e. The van der Waals surface area contributed by atoms with Gasteiger partial charge in [0, 0.05) is 39.0 Å². The summed E-state index contributed by atoms with van der Waals surface area (Å²) in [5.74, 6) is 1.88. The Bertz CT molecular complexity index is 2150. The molecule has 0 aliphatic heterocycles. The van der Waals surface area contributed by atoms with Gasteiger partial charge in [0.15, 0.2) is 17.5 Å². The van der Waals surface area contributed by atoms with Crippen LogP contribution in [0.25, 0.3) is 78.4 Å². The van der Waals surface area contributed by atoms with E-state index in [2.05, 4.69) is 18.2 Å². The summed E-state index contributed by atoms with van der Waals surface area (Å²) >= 11 is 0. The minimum absolute atomic E-state index is 0.603. The van der Waals surface area contributed by atoms with Gasteiger partial charge in [-0.1, -0.05) is 91.0 Å². The minimum atomic E-state index is 0.603. The van der Waals surface area contributed by atoms with Crippen LogP contribution in [0.4, 0.5) is 0 Å². The van der Waals surface area contributed by atoms with Gasteiger partial charge in [-0.2, -0.15) is 0 Å². The van der Waals surface area contributed by atoms with Crippen molar-refractivity contribution in [3.05, 3.63) is 128 Å². The molecule has 0 spiro atoms. The normalized spacial score (nSPS) is 11.4. The zero-order valence-electron chi connectivity index (χ0n) is 21.8. The van der Waals surface area contributed by atoms with Gasteiger partial charge in [0.1, 0.15) is 5.58 Å². The first kappa shape index (κ1) is 23.2. The van der Waals surface area contributed by atoms with Crippen molar-refractivity contribution in [2.45, 2.75) is 0 Å². The van der Waals surface area contributed by atoms with Gasteiger partial charge in [0.25, 0.3) is 0 Å². The van der Waals surface area contributed by atoms with Crippen LogP contribution in [0.5, 0.6) is 0 Å². The Morgan fingerprint density at radius 3 is 1.83 bits per heavy atom. The van der Waals surface area contributed by atoms with Gasteiger partial charge in [0.2, 0.25) is 5.71 Å². The van der Waals surface area contributed by atoms with E-state index in [1.165, 1.54) is 0 Å². The summed E-state index contributed by atoms with van der Waals surface area (Å²) in [5.41, 5.74) is 5.75. The average Bonchev–Trinajstić information content (AvgIpc) is 3.43. The summed E-state index contributed by atoms with van der Waals surface area (Å²) in [5, 5.41) is 4.05. The fourth-order valence-electron chi connectivity index (χ4n) is 5.20. The molecule has 0 amide bonds. The van der Waals surface area contributed by atoms with Gasteiger partial charge in [-0.05, 0) is 35.7 Å². The Kier molecular flexibility index (Phi) is 5.35. The molecule has 0 fully saturated rings. The van der Waals surface area contributed by atoms with E-state index in [1.807, 2.05) is 109 Å². The lowest BCUT2D eigenvalue weighted by molar-refractivity contribution is 0.654. The third kappa shape index (κ3) is 4.10. The van der Waals surface area contributed by atoms with Crippen molar-refractivity contribution < 1.29 is 4.42 Å². The average molecular weight is 528 g/mol. The summed E-state index contributed by atoms with van der Waals surface area (Å²) in [6, 6.07) is 40.2. The Balaban J connectivity index is 1.25. The van der Waals surface area contributed by atoms with Crippen LogP contribution in [0.1, 0.15) is 0 Å². The lowest BCUT2D eigenvalue weighted by Crippen LogP contribution is -2.00. The first-order valence-corrected chi connectivity index (χ1v) is 13.3. The van der Waals surface area contributed by atoms with Gasteiger partial charge in [-0.25, -0.2) is 19.9 Å². The minimum Gasteiger partial charge on any atom is -0.438 e. The molecule has 6 heteroatoms. The van der Waals surface area contributed by atoms with Crippen LogP contribution < -0.4 is 0 Å². The number of furan rings is 1. The molecule has 6 nitrogen and oxygen atoms in total. The van der Waals surface area contributed by atoms with E-state index >= 15 is 0 Å². The quantitative estimate of drug-likeness (QED) is 0.229. The van der Waals surface area contributed by atoms with E-state index in [1.54, 1.807) is 0 Å². The van der Waals surface area contributed by atoms with E-state index in [-0.39, 0.29) is 0 Å². The molecule has 4 aromatic heterocycles. The topological polar surface area (TPSA) is 77.6 Å². The monoisotopic (exact) mass is 527 g/mol. The van der Waals surface area contributed by atoms with E-state index in [0.29, 0.717) is 23.2 Å². The Morgan fingerprint density at radius 1 is 0.463 bits per heavy atom. The second kappa shape index (κ2) is 9.47. The summed E-state index contributed by atoms with van der Waals surface area (Å²) in [6.07, 6.45) is 1.81. The summed E-state index contributed by atoms with van der Waals surface area (Å²) < 4.78 is 6.04. The molecule has 0 aliphatic rings. The zero-order valence-corrected chi connectivity index (χ0v) is 21.8. The number of hydrogen-bond acceptors (Lipinski definition) is 6. The highest BCUT2D eigenvalue weighted by Crippen LogP contribution is 2.33. The van der Waals surface area contributed by atoms with Gasteiger partial charge >= 0.3 is 0 Å². The van der Waals surface area contributed by atoms with Crippen molar-refractivity contribution in [2.24, 2.45) is 0 Å². The molecule has 41 heavy (non-hydrogen) atoms. The van der Waals surface area contributed by atoms with Crippen molar-refractivity contribution in [1.29, 1.82) is 0 Å². The van der Waals surface area contributed by atoms with Gasteiger partial charge in [-0.15, -0.1) is 0 Å². The van der Waals surface area contributed by atoms with Gasteiger partial charge in [0.05, 0.1) is 11.4 Å². The van der Waals surface area contributed by atoms with Crippen LogP contribution in [0.2, 0.25) is 0 Å². The van der Waals surface area contributed by atoms with Crippen LogP contribution in [0, 0.1) is 0 Å². The number of aromatic nitrogens is 5. The molecule has 0 saturated heterocycles. The number of fused-ring (bicyclic) bond motifs is 4. The molecule has 4 aromatic carbocycles. The third-order valence-corrected chi connectivity index (χ3v) is 7.21. The predicted octanol–water partition coefficient (Wildman–Crippen LogP) is 8.38. The smallest absolute Gasteiger partial charge is 0.227 e. The van der Waals surface area contributed by atoms with Gasteiger partial charge < -0.3 is 4.42 Å².